The fraction of sp³-hybridized carbons (Fsp3) is 0.900. The molecule has 13 heavy (non-hydrogen) atoms. The molecule has 0 amide bonds. The van der Waals surface area contributed by atoms with E-state index in [-0.39, 0.29) is 6.04 Å². The predicted molar refractivity (Wildman–Crippen MR) is 51.6 cm³/mol. The van der Waals surface area contributed by atoms with Gasteiger partial charge in [-0.15, -0.1) is 0 Å². The van der Waals surface area contributed by atoms with E-state index in [0.717, 1.165) is 0 Å². The number of carbonyl (C=O) groups is 1. The summed E-state index contributed by atoms with van der Waals surface area (Å²) in [5.41, 5.74) is -0.653. The molecule has 1 rings (SSSR count). The lowest BCUT2D eigenvalue weighted by atomic mass is 9.69. The first-order valence-electron chi connectivity index (χ1n) is 4.90. The van der Waals surface area contributed by atoms with Gasteiger partial charge in [0.05, 0.1) is 5.41 Å². The molecule has 1 unspecified atom stereocenters. The van der Waals surface area contributed by atoms with Gasteiger partial charge in [-0.2, -0.15) is 0 Å². The first-order valence-corrected chi connectivity index (χ1v) is 4.90. The maximum Gasteiger partial charge on any atom is 0.310 e. The van der Waals surface area contributed by atoms with Crippen LogP contribution in [0.25, 0.3) is 0 Å². The number of hydrogen-bond acceptors (Lipinski definition) is 2. The summed E-state index contributed by atoms with van der Waals surface area (Å²) in [6, 6.07) is 0.110. The second-order valence-electron chi connectivity index (χ2n) is 4.48. The van der Waals surface area contributed by atoms with E-state index in [1.165, 1.54) is 19.3 Å². The highest BCUT2D eigenvalue weighted by Crippen LogP contribution is 2.37. The number of carboxylic acids is 1. The van der Waals surface area contributed by atoms with Crippen LogP contribution in [0.5, 0.6) is 0 Å². The lowest BCUT2D eigenvalue weighted by Gasteiger charge is -2.41. The summed E-state index contributed by atoms with van der Waals surface area (Å²) in [6.07, 6.45) is 3.59. The summed E-state index contributed by atoms with van der Waals surface area (Å²) in [5, 5.41) is 12.2. The molecular formula is C10H19NO2. The van der Waals surface area contributed by atoms with Crippen molar-refractivity contribution in [2.75, 3.05) is 7.05 Å². The maximum absolute atomic E-state index is 11.0. The second-order valence-corrected chi connectivity index (χ2v) is 4.48. The molecule has 0 spiro atoms. The molecule has 0 aliphatic heterocycles. The Kier molecular flexibility index (Phi) is 2.96. The van der Waals surface area contributed by atoms with Crippen molar-refractivity contribution in [1.29, 1.82) is 0 Å². The number of nitrogens with one attached hydrogen (secondary N) is 1. The van der Waals surface area contributed by atoms with Crippen molar-refractivity contribution in [3.05, 3.63) is 0 Å². The Hall–Kier alpha value is -0.570. The highest BCUT2D eigenvalue weighted by molar-refractivity contribution is 5.74. The fourth-order valence-electron chi connectivity index (χ4n) is 2.09. The van der Waals surface area contributed by atoms with Gasteiger partial charge in [0.1, 0.15) is 0 Å². The van der Waals surface area contributed by atoms with Crippen LogP contribution in [0.1, 0.15) is 33.1 Å². The maximum atomic E-state index is 11.0. The lowest BCUT2D eigenvalue weighted by molar-refractivity contribution is -0.150. The minimum Gasteiger partial charge on any atom is -0.481 e. The smallest absolute Gasteiger partial charge is 0.310 e. The Morgan fingerprint density at radius 2 is 2.08 bits per heavy atom. The van der Waals surface area contributed by atoms with Crippen LogP contribution in [0.2, 0.25) is 0 Å². The highest BCUT2D eigenvalue weighted by atomic mass is 16.4. The van der Waals surface area contributed by atoms with E-state index in [1.54, 1.807) is 13.8 Å². The molecule has 1 fully saturated rings. The normalized spacial score (nSPS) is 20.8. The van der Waals surface area contributed by atoms with Crippen molar-refractivity contribution in [3.63, 3.8) is 0 Å². The second kappa shape index (κ2) is 3.66. The molecule has 1 aliphatic carbocycles. The summed E-state index contributed by atoms with van der Waals surface area (Å²) < 4.78 is 0. The standard InChI is InChI=1S/C10H19NO2/c1-10(2,9(12)13)8(11-3)7-5-4-6-7/h7-8,11H,4-6H2,1-3H3,(H,12,13). The first kappa shape index (κ1) is 10.5. The average Bonchev–Trinajstić information content (AvgIpc) is 1.95. The third kappa shape index (κ3) is 1.85. The molecule has 0 saturated heterocycles. The average molecular weight is 185 g/mol. The molecule has 3 heteroatoms. The SMILES string of the molecule is CNC(C1CCC1)C(C)(C)C(=O)O. The Labute approximate surface area is 79.5 Å². The van der Waals surface area contributed by atoms with Crippen LogP contribution in [-0.4, -0.2) is 24.2 Å². The monoisotopic (exact) mass is 185 g/mol. The zero-order valence-corrected chi connectivity index (χ0v) is 8.63. The first-order chi connectivity index (χ1) is 6.00. The van der Waals surface area contributed by atoms with E-state index in [9.17, 15) is 4.79 Å². The van der Waals surface area contributed by atoms with Gasteiger partial charge in [-0.3, -0.25) is 4.79 Å². The van der Waals surface area contributed by atoms with Crippen molar-refractivity contribution in [2.45, 2.75) is 39.2 Å². The summed E-state index contributed by atoms with van der Waals surface area (Å²) in [5.74, 6) is -0.158. The van der Waals surface area contributed by atoms with Crippen molar-refractivity contribution in [1.82, 2.24) is 5.32 Å². The van der Waals surface area contributed by atoms with Gasteiger partial charge in [0.15, 0.2) is 0 Å². The van der Waals surface area contributed by atoms with Gasteiger partial charge in [0.2, 0.25) is 0 Å². The largest absolute Gasteiger partial charge is 0.481 e. The molecule has 1 aliphatic rings. The van der Waals surface area contributed by atoms with Crippen molar-refractivity contribution >= 4 is 5.97 Å². The Balaban J connectivity index is 2.68. The van der Waals surface area contributed by atoms with Crippen LogP contribution < -0.4 is 5.32 Å². The molecule has 1 atom stereocenters. The molecule has 1 saturated carbocycles. The van der Waals surface area contributed by atoms with Crippen molar-refractivity contribution < 1.29 is 9.90 Å². The van der Waals surface area contributed by atoms with Crippen LogP contribution in [0.4, 0.5) is 0 Å². The van der Waals surface area contributed by atoms with Crippen LogP contribution in [0.15, 0.2) is 0 Å². The molecule has 3 nitrogen and oxygen atoms in total. The van der Waals surface area contributed by atoms with Crippen LogP contribution in [0.3, 0.4) is 0 Å². The molecule has 0 aromatic carbocycles. The Morgan fingerprint density at radius 3 is 2.31 bits per heavy atom. The number of rotatable bonds is 4. The minimum absolute atomic E-state index is 0.110. The quantitative estimate of drug-likeness (QED) is 0.697. The Morgan fingerprint density at radius 1 is 1.54 bits per heavy atom. The molecule has 0 heterocycles. The molecule has 2 N–H and O–H groups in total. The van der Waals surface area contributed by atoms with Gasteiger partial charge >= 0.3 is 5.97 Å². The third-order valence-electron chi connectivity index (χ3n) is 3.26. The van der Waals surface area contributed by atoms with Crippen LogP contribution in [-0.2, 0) is 4.79 Å². The molecule has 0 bridgehead atoms. The van der Waals surface area contributed by atoms with Gasteiger partial charge < -0.3 is 10.4 Å². The zero-order chi connectivity index (χ0) is 10.1. The van der Waals surface area contributed by atoms with Gasteiger partial charge in [0, 0.05) is 6.04 Å². The van der Waals surface area contributed by atoms with E-state index in [4.69, 9.17) is 5.11 Å². The van der Waals surface area contributed by atoms with E-state index < -0.39 is 11.4 Å². The van der Waals surface area contributed by atoms with E-state index >= 15 is 0 Å². The zero-order valence-electron chi connectivity index (χ0n) is 8.63. The highest BCUT2D eigenvalue weighted by Gasteiger charge is 2.42. The number of carboxylic acid groups (broad SMARTS) is 1. The van der Waals surface area contributed by atoms with Crippen LogP contribution >= 0.6 is 0 Å². The molecule has 76 valence electrons. The van der Waals surface area contributed by atoms with Crippen molar-refractivity contribution in [2.24, 2.45) is 11.3 Å². The Bertz CT molecular complexity index is 197. The van der Waals surface area contributed by atoms with E-state index in [2.05, 4.69) is 5.32 Å². The molecule has 0 radical (unpaired) electrons. The number of hydrogen-bond donors (Lipinski definition) is 2. The van der Waals surface area contributed by atoms with Gasteiger partial charge in [0.25, 0.3) is 0 Å². The summed E-state index contributed by atoms with van der Waals surface area (Å²) in [7, 11) is 1.85. The lowest BCUT2D eigenvalue weighted by Crippen LogP contribution is -2.51. The molecule has 0 aromatic rings. The molecular weight excluding hydrogens is 166 g/mol. The molecule has 0 aromatic heterocycles. The van der Waals surface area contributed by atoms with Gasteiger partial charge in [-0.05, 0) is 39.7 Å². The van der Waals surface area contributed by atoms with E-state index in [0.29, 0.717) is 5.92 Å². The van der Waals surface area contributed by atoms with Gasteiger partial charge in [-0.25, -0.2) is 0 Å². The summed E-state index contributed by atoms with van der Waals surface area (Å²) >= 11 is 0. The van der Waals surface area contributed by atoms with Crippen LogP contribution in [0, 0.1) is 11.3 Å². The topological polar surface area (TPSA) is 49.3 Å². The summed E-state index contributed by atoms with van der Waals surface area (Å²) in [6.45, 7) is 3.60. The fourth-order valence-corrected chi connectivity index (χ4v) is 2.09. The third-order valence-corrected chi connectivity index (χ3v) is 3.26. The summed E-state index contributed by atoms with van der Waals surface area (Å²) in [4.78, 5) is 11.0. The van der Waals surface area contributed by atoms with Gasteiger partial charge in [-0.1, -0.05) is 6.42 Å². The predicted octanol–water partition coefficient (Wildman–Crippen LogP) is 1.49. The minimum atomic E-state index is -0.709. The number of aliphatic carboxylic acids is 1. The van der Waals surface area contributed by atoms with E-state index in [1.807, 2.05) is 7.05 Å². The van der Waals surface area contributed by atoms with Crippen molar-refractivity contribution in [3.8, 4) is 0 Å².